The average molecular weight is 495 g/mol. The van der Waals surface area contributed by atoms with Crippen LogP contribution in [0.25, 0.3) is 22.3 Å². The van der Waals surface area contributed by atoms with E-state index in [1.54, 1.807) is 18.3 Å². The van der Waals surface area contributed by atoms with Crippen molar-refractivity contribution in [1.82, 2.24) is 25.5 Å². The Bertz CT molecular complexity index is 1350. The standard InChI is InChI=1S/C25H27ClN6O3/c1-5-34-17-9-10-19-18(12-17)24(29-20-13-27-32-22(20)26)30-23(28-19)15-7-6-8-16(11-15)35-14-21(33)31-25(2,3)4/h6-13H,5,14H2,1-4H3,(H,27,32)(H,31,33)(H,28,29,30). The highest BCUT2D eigenvalue weighted by molar-refractivity contribution is 6.32. The van der Waals surface area contributed by atoms with Gasteiger partial charge in [0.15, 0.2) is 12.4 Å². The lowest BCUT2D eigenvalue weighted by molar-refractivity contribution is -0.124. The molecule has 4 rings (SSSR count). The lowest BCUT2D eigenvalue weighted by atomic mass is 10.1. The molecule has 2 aromatic carbocycles. The van der Waals surface area contributed by atoms with Crippen molar-refractivity contribution in [3.05, 3.63) is 53.8 Å². The smallest absolute Gasteiger partial charge is 0.258 e. The molecule has 2 aromatic heterocycles. The maximum atomic E-state index is 12.1. The summed E-state index contributed by atoms with van der Waals surface area (Å²) in [5, 5.41) is 13.9. The molecule has 10 heteroatoms. The van der Waals surface area contributed by atoms with Crippen molar-refractivity contribution >= 4 is 39.9 Å². The third-order valence-electron chi connectivity index (χ3n) is 4.80. The van der Waals surface area contributed by atoms with Crippen molar-refractivity contribution < 1.29 is 14.3 Å². The van der Waals surface area contributed by atoms with Crippen LogP contribution >= 0.6 is 11.6 Å². The molecule has 0 atom stereocenters. The summed E-state index contributed by atoms with van der Waals surface area (Å²) < 4.78 is 11.4. The maximum absolute atomic E-state index is 12.1. The fraction of sp³-hybridized carbons (Fsp3) is 0.280. The lowest BCUT2D eigenvalue weighted by Crippen LogP contribution is -2.43. The molecule has 0 saturated heterocycles. The summed E-state index contributed by atoms with van der Waals surface area (Å²) in [4.78, 5) is 21.6. The van der Waals surface area contributed by atoms with Gasteiger partial charge in [-0.3, -0.25) is 9.89 Å². The highest BCUT2D eigenvalue weighted by atomic mass is 35.5. The van der Waals surface area contributed by atoms with Gasteiger partial charge in [-0.15, -0.1) is 0 Å². The van der Waals surface area contributed by atoms with Crippen molar-refractivity contribution in [1.29, 1.82) is 0 Å². The molecule has 1 amide bonds. The number of carbonyl (C=O) groups is 1. The summed E-state index contributed by atoms with van der Waals surface area (Å²) in [6.07, 6.45) is 1.58. The van der Waals surface area contributed by atoms with Gasteiger partial charge in [-0.25, -0.2) is 9.97 Å². The largest absolute Gasteiger partial charge is 0.494 e. The molecule has 0 unspecified atom stereocenters. The van der Waals surface area contributed by atoms with Crippen LogP contribution in [-0.2, 0) is 4.79 Å². The zero-order chi connectivity index (χ0) is 25.0. The average Bonchev–Trinajstić information content (AvgIpc) is 3.21. The number of carbonyl (C=O) groups excluding carboxylic acids is 1. The molecule has 182 valence electrons. The molecule has 9 nitrogen and oxygen atoms in total. The molecule has 0 fully saturated rings. The van der Waals surface area contributed by atoms with E-state index < -0.39 is 0 Å². The fourth-order valence-electron chi connectivity index (χ4n) is 3.40. The Morgan fingerprint density at radius 2 is 1.89 bits per heavy atom. The van der Waals surface area contributed by atoms with Crippen LogP contribution < -0.4 is 20.1 Å². The van der Waals surface area contributed by atoms with E-state index in [4.69, 9.17) is 31.0 Å². The Morgan fingerprint density at radius 3 is 2.60 bits per heavy atom. The first-order valence-electron chi connectivity index (χ1n) is 11.2. The second-order valence-corrected chi connectivity index (χ2v) is 9.22. The molecule has 0 spiro atoms. The topological polar surface area (TPSA) is 114 Å². The molecule has 4 aromatic rings. The van der Waals surface area contributed by atoms with Gasteiger partial charge in [0, 0.05) is 16.5 Å². The van der Waals surface area contributed by atoms with Gasteiger partial charge in [0.25, 0.3) is 5.91 Å². The van der Waals surface area contributed by atoms with Crippen molar-refractivity contribution in [3.8, 4) is 22.9 Å². The zero-order valence-corrected chi connectivity index (χ0v) is 20.7. The molecular formula is C25H27ClN6O3. The zero-order valence-electron chi connectivity index (χ0n) is 20.0. The van der Waals surface area contributed by atoms with Crippen molar-refractivity contribution in [3.63, 3.8) is 0 Å². The van der Waals surface area contributed by atoms with Crippen LogP contribution in [0.5, 0.6) is 11.5 Å². The third kappa shape index (κ3) is 6.19. The van der Waals surface area contributed by atoms with Crippen LogP contribution in [-0.4, -0.2) is 44.8 Å². The molecule has 0 radical (unpaired) electrons. The molecule has 0 aliphatic rings. The monoisotopic (exact) mass is 494 g/mol. The first-order chi connectivity index (χ1) is 16.7. The summed E-state index contributed by atoms with van der Waals surface area (Å²) in [6.45, 7) is 8.13. The van der Waals surface area contributed by atoms with E-state index in [0.717, 1.165) is 16.5 Å². The first-order valence-corrected chi connectivity index (χ1v) is 11.5. The predicted octanol–water partition coefficient (Wildman–Crippen LogP) is 5.11. The number of rotatable bonds is 8. The second-order valence-electron chi connectivity index (χ2n) is 8.85. The Kier molecular flexibility index (Phi) is 7.07. The van der Waals surface area contributed by atoms with E-state index in [2.05, 4.69) is 20.8 Å². The number of hydrogen-bond acceptors (Lipinski definition) is 7. The Hall–Kier alpha value is -3.85. The number of aromatic nitrogens is 4. The maximum Gasteiger partial charge on any atom is 0.258 e. The van der Waals surface area contributed by atoms with E-state index in [9.17, 15) is 4.79 Å². The van der Waals surface area contributed by atoms with Gasteiger partial charge < -0.3 is 20.1 Å². The van der Waals surface area contributed by atoms with E-state index >= 15 is 0 Å². The van der Waals surface area contributed by atoms with Gasteiger partial charge in [0.05, 0.1) is 24.0 Å². The predicted molar refractivity (Wildman–Crippen MR) is 136 cm³/mol. The number of anilines is 2. The van der Waals surface area contributed by atoms with Crippen LogP contribution in [0, 0.1) is 0 Å². The third-order valence-corrected chi connectivity index (χ3v) is 5.09. The van der Waals surface area contributed by atoms with Crippen molar-refractivity contribution in [2.75, 3.05) is 18.5 Å². The van der Waals surface area contributed by atoms with Gasteiger partial charge in [-0.05, 0) is 58.0 Å². The van der Waals surface area contributed by atoms with Crippen molar-refractivity contribution in [2.24, 2.45) is 0 Å². The minimum atomic E-state index is -0.329. The highest BCUT2D eigenvalue weighted by Gasteiger charge is 2.16. The molecule has 3 N–H and O–H groups in total. The summed E-state index contributed by atoms with van der Waals surface area (Å²) in [5.41, 5.74) is 1.71. The van der Waals surface area contributed by atoms with E-state index in [0.29, 0.717) is 40.6 Å². The van der Waals surface area contributed by atoms with Gasteiger partial charge in [-0.1, -0.05) is 23.7 Å². The molecular weight excluding hydrogens is 468 g/mol. The minimum absolute atomic E-state index is 0.0920. The van der Waals surface area contributed by atoms with Crippen molar-refractivity contribution in [2.45, 2.75) is 33.2 Å². The Morgan fingerprint density at radius 1 is 1.09 bits per heavy atom. The number of benzene rings is 2. The Labute approximate surface area is 208 Å². The molecule has 35 heavy (non-hydrogen) atoms. The lowest BCUT2D eigenvalue weighted by Gasteiger charge is -2.20. The molecule has 2 heterocycles. The summed E-state index contributed by atoms with van der Waals surface area (Å²) in [7, 11) is 0. The van der Waals surface area contributed by atoms with Crippen LogP contribution in [0.3, 0.4) is 0 Å². The van der Waals surface area contributed by atoms with Crippen LogP contribution in [0.2, 0.25) is 5.15 Å². The number of amides is 1. The quantitative estimate of drug-likeness (QED) is 0.312. The molecule has 0 saturated carbocycles. The SMILES string of the molecule is CCOc1ccc2nc(-c3cccc(OCC(=O)NC(C)(C)C)c3)nc(Nc3cn[nH]c3Cl)c2c1. The van der Waals surface area contributed by atoms with Gasteiger partial charge in [0.1, 0.15) is 22.5 Å². The molecule has 0 aliphatic heterocycles. The van der Waals surface area contributed by atoms with E-state index in [-0.39, 0.29) is 18.1 Å². The van der Waals surface area contributed by atoms with Gasteiger partial charge >= 0.3 is 0 Å². The van der Waals surface area contributed by atoms with Crippen LogP contribution in [0.15, 0.2) is 48.7 Å². The number of hydrogen-bond donors (Lipinski definition) is 3. The summed E-state index contributed by atoms with van der Waals surface area (Å²) in [5.74, 6) is 2.08. The van der Waals surface area contributed by atoms with Crippen LogP contribution in [0.4, 0.5) is 11.5 Å². The van der Waals surface area contributed by atoms with Gasteiger partial charge in [-0.2, -0.15) is 5.10 Å². The Balaban J connectivity index is 1.67. The minimum Gasteiger partial charge on any atom is -0.494 e. The number of fused-ring (bicyclic) bond motifs is 1. The summed E-state index contributed by atoms with van der Waals surface area (Å²) in [6, 6.07) is 12.9. The number of H-pyrrole nitrogens is 1. The van der Waals surface area contributed by atoms with E-state index in [1.807, 2.05) is 58.0 Å². The number of nitrogens with zero attached hydrogens (tertiary/aromatic N) is 3. The van der Waals surface area contributed by atoms with Gasteiger partial charge in [0.2, 0.25) is 0 Å². The number of nitrogens with one attached hydrogen (secondary N) is 3. The number of aromatic amines is 1. The van der Waals surface area contributed by atoms with E-state index in [1.165, 1.54) is 0 Å². The van der Waals surface area contributed by atoms with Crippen LogP contribution in [0.1, 0.15) is 27.7 Å². The summed E-state index contributed by atoms with van der Waals surface area (Å²) >= 11 is 6.20. The normalized spacial score (nSPS) is 11.3. The highest BCUT2D eigenvalue weighted by Crippen LogP contribution is 2.32. The first kappa shape index (κ1) is 24.3. The molecule has 0 aliphatic carbocycles. The number of ether oxygens (including phenoxy) is 2. The molecule has 0 bridgehead atoms. The number of halogens is 1. The fourth-order valence-corrected chi connectivity index (χ4v) is 3.55. The second kappa shape index (κ2) is 10.2.